The van der Waals surface area contributed by atoms with Crippen LogP contribution in [0.1, 0.15) is 174 Å². The van der Waals surface area contributed by atoms with Gasteiger partial charge in [0.15, 0.2) is 6.29 Å². The van der Waals surface area contributed by atoms with Crippen molar-refractivity contribution in [2.75, 3.05) is 13.2 Å². The maximum absolute atomic E-state index is 13.0. The highest BCUT2D eigenvalue weighted by Crippen LogP contribution is 2.23. The fraction of sp³-hybridized carbons (Fsp3) is 0.884. The fourth-order valence-corrected chi connectivity index (χ4v) is 6.79. The van der Waals surface area contributed by atoms with Gasteiger partial charge >= 0.3 is 0 Å². The fourth-order valence-electron chi connectivity index (χ4n) is 6.79. The van der Waals surface area contributed by atoms with Crippen LogP contribution in [0.5, 0.6) is 0 Å². The van der Waals surface area contributed by atoms with Crippen molar-refractivity contribution in [2.24, 2.45) is 0 Å². The van der Waals surface area contributed by atoms with Crippen molar-refractivity contribution in [3.05, 3.63) is 24.3 Å². The molecule has 0 saturated carbocycles. The van der Waals surface area contributed by atoms with Crippen molar-refractivity contribution >= 4 is 5.91 Å². The third-order valence-electron chi connectivity index (χ3n) is 10.5. The Kier molecular flexibility index (Phi) is 31.6. The van der Waals surface area contributed by atoms with Crippen LogP contribution < -0.4 is 5.32 Å². The predicted molar refractivity (Wildman–Crippen MR) is 215 cm³/mol. The lowest BCUT2D eigenvalue weighted by Gasteiger charge is -2.40. The Balaban J connectivity index is 2.51. The number of carbonyl (C=O) groups is 1. The van der Waals surface area contributed by atoms with E-state index < -0.39 is 74.2 Å². The number of rotatable bonds is 35. The largest absolute Gasteiger partial charge is 0.394 e. The summed E-state index contributed by atoms with van der Waals surface area (Å²) in [6.07, 6.45) is 23.8. The maximum Gasteiger partial charge on any atom is 0.249 e. The SMILES string of the molecule is CCCCCCCC/C=C\CCCCCCCCC(O)C(=O)NC(COC1OC(CO)C(O)C(O)C1O)C(O)C(O)CCC/C=C/CCCCCCCC. The average Bonchev–Trinajstić information content (AvgIpc) is 3.17. The first-order valence-corrected chi connectivity index (χ1v) is 21.7. The monoisotopic (exact) mass is 772 g/mol. The van der Waals surface area contributed by atoms with Crippen LogP contribution in [0.4, 0.5) is 0 Å². The summed E-state index contributed by atoms with van der Waals surface area (Å²) >= 11 is 0. The zero-order chi connectivity index (χ0) is 39.8. The van der Waals surface area contributed by atoms with E-state index in [1.165, 1.54) is 77.0 Å². The molecular formula is C43H81NO10. The van der Waals surface area contributed by atoms with E-state index in [0.29, 0.717) is 12.8 Å². The smallest absolute Gasteiger partial charge is 0.249 e. The molecule has 9 atom stereocenters. The lowest BCUT2D eigenvalue weighted by molar-refractivity contribution is -0.303. The normalized spacial score (nSPS) is 22.9. The molecule has 1 aliphatic rings. The molecule has 0 aromatic heterocycles. The van der Waals surface area contributed by atoms with Gasteiger partial charge < -0.3 is 50.5 Å². The number of amides is 1. The molecule has 1 heterocycles. The van der Waals surface area contributed by atoms with E-state index in [4.69, 9.17) is 9.47 Å². The van der Waals surface area contributed by atoms with Gasteiger partial charge in [-0.25, -0.2) is 0 Å². The Bertz CT molecular complexity index is 934. The zero-order valence-electron chi connectivity index (χ0n) is 34.0. The number of ether oxygens (including phenoxy) is 2. The zero-order valence-corrected chi connectivity index (χ0v) is 34.0. The van der Waals surface area contributed by atoms with E-state index in [1.807, 2.05) is 0 Å². The van der Waals surface area contributed by atoms with Crippen LogP contribution in [-0.2, 0) is 14.3 Å². The predicted octanol–water partition coefficient (Wildman–Crippen LogP) is 6.28. The number of aliphatic hydroxyl groups is 7. The molecule has 0 radical (unpaired) electrons. The highest BCUT2D eigenvalue weighted by atomic mass is 16.7. The Morgan fingerprint density at radius 1 is 0.630 bits per heavy atom. The van der Waals surface area contributed by atoms with Gasteiger partial charge in [0.1, 0.15) is 36.6 Å². The third kappa shape index (κ3) is 23.6. The molecule has 0 spiro atoms. The third-order valence-corrected chi connectivity index (χ3v) is 10.5. The summed E-state index contributed by atoms with van der Waals surface area (Å²) in [7, 11) is 0. The molecule has 54 heavy (non-hydrogen) atoms. The number of hydrogen-bond donors (Lipinski definition) is 8. The Morgan fingerprint density at radius 3 is 1.59 bits per heavy atom. The van der Waals surface area contributed by atoms with Crippen LogP contribution in [0.25, 0.3) is 0 Å². The van der Waals surface area contributed by atoms with E-state index in [9.17, 15) is 40.5 Å². The molecule has 1 amide bonds. The summed E-state index contributed by atoms with van der Waals surface area (Å²) < 4.78 is 11.0. The van der Waals surface area contributed by atoms with Crippen LogP contribution >= 0.6 is 0 Å². The van der Waals surface area contributed by atoms with E-state index in [1.54, 1.807) is 0 Å². The molecular weight excluding hydrogens is 690 g/mol. The number of nitrogens with one attached hydrogen (secondary N) is 1. The van der Waals surface area contributed by atoms with Gasteiger partial charge in [-0.1, -0.05) is 134 Å². The van der Waals surface area contributed by atoms with Gasteiger partial charge in [0.25, 0.3) is 0 Å². The Morgan fingerprint density at radius 2 is 1.09 bits per heavy atom. The van der Waals surface area contributed by atoms with Crippen LogP contribution in [0.3, 0.4) is 0 Å². The minimum atomic E-state index is -1.67. The summed E-state index contributed by atoms with van der Waals surface area (Å²) in [4.78, 5) is 13.0. The molecule has 8 N–H and O–H groups in total. The van der Waals surface area contributed by atoms with Crippen molar-refractivity contribution < 1.29 is 50.0 Å². The van der Waals surface area contributed by atoms with E-state index >= 15 is 0 Å². The molecule has 1 saturated heterocycles. The van der Waals surface area contributed by atoms with Crippen molar-refractivity contribution in [1.82, 2.24) is 5.32 Å². The van der Waals surface area contributed by atoms with Gasteiger partial charge in [-0.15, -0.1) is 0 Å². The second-order valence-electron chi connectivity index (χ2n) is 15.4. The van der Waals surface area contributed by atoms with Gasteiger partial charge in [0.2, 0.25) is 5.91 Å². The Labute approximate surface area is 327 Å². The number of aliphatic hydroxyl groups excluding tert-OH is 7. The second-order valence-corrected chi connectivity index (χ2v) is 15.4. The molecule has 318 valence electrons. The van der Waals surface area contributed by atoms with Gasteiger partial charge in [0, 0.05) is 0 Å². The molecule has 1 rings (SSSR count). The first-order chi connectivity index (χ1) is 26.2. The standard InChI is InChI=1S/C43H81NO10/c1-3-5-7-9-11-13-15-16-17-18-19-21-23-25-27-29-31-36(47)42(52)44-34(33-53-43-41(51)40(50)39(49)37(32-45)54-43)38(48)35(46)30-28-26-24-22-20-14-12-10-8-6-4-2/h16-17,22,24,34-41,43,45-51H,3-15,18-21,23,25-33H2,1-2H3,(H,44,52)/b17-16-,24-22+. The first kappa shape index (κ1) is 50.6. The van der Waals surface area contributed by atoms with E-state index in [2.05, 4.69) is 43.5 Å². The number of hydrogen-bond acceptors (Lipinski definition) is 10. The second kappa shape index (κ2) is 33.7. The lowest BCUT2D eigenvalue weighted by atomic mass is 9.98. The molecule has 1 aliphatic heterocycles. The number of allylic oxidation sites excluding steroid dienone is 4. The van der Waals surface area contributed by atoms with Crippen LogP contribution in [-0.4, -0.2) is 110 Å². The number of unbranched alkanes of at least 4 members (excludes halogenated alkanes) is 19. The lowest BCUT2D eigenvalue weighted by Crippen LogP contribution is -2.60. The van der Waals surface area contributed by atoms with Crippen LogP contribution in [0.15, 0.2) is 24.3 Å². The van der Waals surface area contributed by atoms with Gasteiger partial charge in [0.05, 0.1) is 25.4 Å². The highest BCUT2D eigenvalue weighted by molar-refractivity contribution is 5.80. The van der Waals surface area contributed by atoms with Gasteiger partial charge in [-0.05, 0) is 64.2 Å². The van der Waals surface area contributed by atoms with Gasteiger partial charge in [-0.3, -0.25) is 4.79 Å². The van der Waals surface area contributed by atoms with Crippen molar-refractivity contribution in [3.8, 4) is 0 Å². The van der Waals surface area contributed by atoms with Crippen molar-refractivity contribution in [3.63, 3.8) is 0 Å². The van der Waals surface area contributed by atoms with Crippen molar-refractivity contribution in [1.29, 1.82) is 0 Å². The minimum Gasteiger partial charge on any atom is -0.394 e. The Hall–Kier alpha value is -1.41. The van der Waals surface area contributed by atoms with Crippen molar-refractivity contribution in [2.45, 2.75) is 229 Å². The molecule has 0 bridgehead atoms. The molecule has 1 fully saturated rings. The molecule has 0 aromatic rings. The van der Waals surface area contributed by atoms with Crippen LogP contribution in [0, 0.1) is 0 Å². The quantitative estimate of drug-likeness (QED) is 0.0269. The average molecular weight is 772 g/mol. The number of carbonyl (C=O) groups excluding carboxylic acids is 1. The summed E-state index contributed by atoms with van der Waals surface area (Å²) in [6.45, 7) is 3.37. The minimum absolute atomic E-state index is 0.247. The molecule has 9 unspecified atom stereocenters. The first-order valence-electron chi connectivity index (χ1n) is 21.7. The maximum atomic E-state index is 13.0. The van der Waals surface area contributed by atoms with E-state index in [-0.39, 0.29) is 12.8 Å². The molecule has 11 heteroatoms. The van der Waals surface area contributed by atoms with Crippen LogP contribution in [0.2, 0.25) is 0 Å². The molecule has 0 aliphatic carbocycles. The highest BCUT2D eigenvalue weighted by Gasteiger charge is 2.44. The summed E-state index contributed by atoms with van der Waals surface area (Å²) in [5.74, 6) is -0.714. The topological polar surface area (TPSA) is 189 Å². The van der Waals surface area contributed by atoms with Gasteiger partial charge in [-0.2, -0.15) is 0 Å². The summed E-state index contributed by atoms with van der Waals surface area (Å²) in [6, 6.07) is -1.18. The molecule has 11 nitrogen and oxygen atoms in total. The van der Waals surface area contributed by atoms with E-state index in [0.717, 1.165) is 57.8 Å². The summed E-state index contributed by atoms with van der Waals surface area (Å²) in [5, 5.41) is 75.4. The molecule has 0 aromatic carbocycles. The summed E-state index contributed by atoms with van der Waals surface area (Å²) in [5.41, 5.74) is 0.